The van der Waals surface area contributed by atoms with Crippen LogP contribution in [0.25, 0.3) is 10.2 Å². The van der Waals surface area contributed by atoms with Crippen molar-refractivity contribution in [1.82, 2.24) is 15.3 Å². The van der Waals surface area contributed by atoms with Gasteiger partial charge in [-0.3, -0.25) is 9.78 Å². The minimum Gasteiger partial charge on any atom is -0.397 e. The third kappa shape index (κ3) is 2.71. The molecule has 0 saturated carbocycles. The molecule has 106 valence electrons. The average Bonchev–Trinajstić information content (AvgIpc) is 2.82. The van der Waals surface area contributed by atoms with Crippen molar-refractivity contribution in [3.63, 3.8) is 0 Å². The fourth-order valence-electron chi connectivity index (χ4n) is 2.02. The number of nitrogens with two attached hydrogens (primary N) is 1. The van der Waals surface area contributed by atoms with Gasteiger partial charge >= 0.3 is 0 Å². The summed E-state index contributed by atoms with van der Waals surface area (Å²) in [5.74, 6) is -0.183. The Morgan fingerprint density at radius 1 is 1.38 bits per heavy atom. The summed E-state index contributed by atoms with van der Waals surface area (Å²) in [6, 6.07) is 7.54. The second kappa shape index (κ2) is 5.49. The number of carbonyl (C=O) groups is 1. The van der Waals surface area contributed by atoms with E-state index in [1.165, 1.54) is 11.3 Å². The van der Waals surface area contributed by atoms with Gasteiger partial charge in [0.2, 0.25) is 0 Å². The maximum Gasteiger partial charge on any atom is 0.263 e. The monoisotopic (exact) mass is 298 g/mol. The second-order valence-corrected chi connectivity index (χ2v) is 5.69. The summed E-state index contributed by atoms with van der Waals surface area (Å²) < 4.78 is 0. The molecule has 0 unspecified atom stereocenters. The van der Waals surface area contributed by atoms with Crippen LogP contribution in [-0.4, -0.2) is 15.9 Å². The van der Waals surface area contributed by atoms with Gasteiger partial charge in [-0.05, 0) is 30.7 Å². The minimum absolute atomic E-state index is 0.183. The largest absolute Gasteiger partial charge is 0.397 e. The maximum absolute atomic E-state index is 12.3. The Morgan fingerprint density at radius 2 is 2.24 bits per heavy atom. The molecule has 0 bridgehead atoms. The van der Waals surface area contributed by atoms with Gasteiger partial charge in [-0.2, -0.15) is 0 Å². The number of nitrogens with zero attached hydrogens (tertiary/aromatic N) is 2. The van der Waals surface area contributed by atoms with E-state index in [0.29, 0.717) is 17.1 Å². The van der Waals surface area contributed by atoms with E-state index in [2.05, 4.69) is 15.3 Å². The zero-order valence-corrected chi connectivity index (χ0v) is 12.3. The number of nitrogen functional groups attached to an aromatic ring is 1. The number of nitrogens with one attached hydrogen (secondary N) is 1. The number of carbonyl (C=O) groups excluding carboxylic acids is 1. The molecule has 0 spiro atoms. The van der Waals surface area contributed by atoms with Gasteiger partial charge in [0, 0.05) is 30.0 Å². The molecule has 0 saturated heterocycles. The zero-order chi connectivity index (χ0) is 14.8. The minimum atomic E-state index is -0.183. The molecule has 1 amide bonds. The predicted octanol–water partition coefficient (Wildman–Crippen LogP) is 2.51. The van der Waals surface area contributed by atoms with Crippen molar-refractivity contribution >= 4 is 33.1 Å². The molecule has 3 aromatic heterocycles. The number of hydrogen-bond acceptors (Lipinski definition) is 5. The molecule has 6 heteroatoms. The number of aryl methyl sites for hydroxylation is 1. The van der Waals surface area contributed by atoms with Gasteiger partial charge in [0.05, 0.1) is 5.69 Å². The summed E-state index contributed by atoms with van der Waals surface area (Å²) in [6.45, 7) is 2.34. The number of fused-ring (bicyclic) bond motifs is 1. The van der Waals surface area contributed by atoms with E-state index >= 15 is 0 Å². The van der Waals surface area contributed by atoms with Crippen molar-refractivity contribution in [3.8, 4) is 0 Å². The SMILES string of the molecule is Cc1ccc2c(N)c(C(=O)NCc3cccnc3)sc2n1. The van der Waals surface area contributed by atoms with Gasteiger partial charge in [-0.1, -0.05) is 6.07 Å². The van der Waals surface area contributed by atoms with Crippen molar-refractivity contribution in [2.75, 3.05) is 5.73 Å². The number of pyridine rings is 2. The van der Waals surface area contributed by atoms with Crippen LogP contribution in [0.2, 0.25) is 0 Å². The summed E-state index contributed by atoms with van der Waals surface area (Å²) in [5, 5.41) is 3.69. The smallest absolute Gasteiger partial charge is 0.263 e. The quantitative estimate of drug-likeness (QED) is 0.778. The van der Waals surface area contributed by atoms with Crippen molar-refractivity contribution < 1.29 is 4.79 Å². The number of aromatic nitrogens is 2. The van der Waals surface area contributed by atoms with Crippen molar-refractivity contribution in [2.45, 2.75) is 13.5 Å². The van der Waals surface area contributed by atoms with Gasteiger partial charge in [0.25, 0.3) is 5.91 Å². The van der Waals surface area contributed by atoms with E-state index in [1.807, 2.05) is 31.2 Å². The highest BCUT2D eigenvalue weighted by Crippen LogP contribution is 2.32. The lowest BCUT2D eigenvalue weighted by Crippen LogP contribution is -2.22. The Balaban J connectivity index is 1.83. The summed E-state index contributed by atoms with van der Waals surface area (Å²) in [4.78, 5) is 22.0. The number of rotatable bonds is 3. The molecule has 0 atom stereocenters. The molecule has 0 aliphatic heterocycles. The van der Waals surface area contributed by atoms with Crippen molar-refractivity contribution in [1.29, 1.82) is 0 Å². The first-order chi connectivity index (χ1) is 10.1. The molecule has 0 aromatic carbocycles. The van der Waals surface area contributed by atoms with Crippen molar-refractivity contribution in [2.24, 2.45) is 0 Å². The van der Waals surface area contributed by atoms with Crippen LogP contribution >= 0.6 is 11.3 Å². The molecule has 0 aliphatic carbocycles. The van der Waals surface area contributed by atoms with Gasteiger partial charge < -0.3 is 11.1 Å². The first-order valence-corrected chi connectivity index (χ1v) is 7.29. The van der Waals surface area contributed by atoms with Crippen molar-refractivity contribution in [3.05, 3.63) is 52.8 Å². The highest BCUT2D eigenvalue weighted by atomic mass is 32.1. The van der Waals surface area contributed by atoms with E-state index in [4.69, 9.17) is 5.73 Å². The van der Waals surface area contributed by atoms with Crippen LogP contribution in [0.3, 0.4) is 0 Å². The Morgan fingerprint density at radius 3 is 3.00 bits per heavy atom. The summed E-state index contributed by atoms with van der Waals surface area (Å²) in [5.41, 5.74) is 8.40. The first kappa shape index (κ1) is 13.5. The van der Waals surface area contributed by atoms with E-state index in [0.717, 1.165) is 21.5 Å². The fraction of sp³-hybridized carbons (Fsp3) is 0.133. The second-order valence-electron chi connectivity index (χ2n) is 4.69. The third-order valence-electron chi connectivity index (χ3n) is 3.12. The molecule has 0 aliphatic rings. The fourth-order valence-corrected chi connectivity index (χ4v) is 3.08. The van der Waals surface area contributed by atoms with Gasteiger partial charge in [-0.15, -0.1) is 11.3 Å². The van der Waals surface area contributed by atoms with E-state index in [1.54, 1.807) is 12.4 Å². The van der Waals surface area contributed by atoms with E-state index in [9.17, 15) is 4.79 Å². The molecule has 3 aromatic rings. The molecular weight excluding hydrogens is 284 g/mol. The molecule has 3 N–H and O–H groups in total. The topological polar surface area (TPSA) is 80.9 Å². The van der Waals surface area contributed by atoms with Crippen LogP contribution in [0.4, 0.5) is 5.69 Å². The molecule has 0 fully saturated rings. The molecule has 3 rings (SSSR count). The van der Waals surface area contributed by atoms with Crippen LogP contribution in [0.1, 0.15) is 20.9 Å². The Kier molecular flexibility index (Phi) is 3.53. The van der Waals surface area contributed by atoms with Crippen LogP contribution < -0.4 is 11.1 Å². The number of thiophene rings is 1. The van der Waals surface area contributed by atoms with E-state index in [-0.39, 0.29) is 5.91 Å². The van der Waals surface area contributed by atoms with Crippen LogP contribution in [0, 0.1) is 6.92 Å². The van der Waals surface area contributed by atoms with Gasteiger partial charge in [0.1, 0.15) is 9.71 Å². The standard InChI is InChI=1S/C15H14N4OS/c1-9-4-5-11-12(16)13(21-15(11)19-9)14(20)18-8-10-3-2-6-17-7-10/h2-7H,8,16H2,1H3,(H,18,20). The Hall–Kier alpha value is -2.47. The molecular formula is C15H14N4OS. The Labute approximate surface area is 125 Å². The molecule has 0 radical (unpaired) electrons. The van der Waals surface area contributed by atoms with Gasteiger partial charge in [0.15, 0.2) is 0 Å². The summed E-state index contributed by atoms with van der Waals surface area (Å²) in [7, 11) is 0. The normalized spacial score (nSPS) is 10.7. The summed E-state index contributed by atoms with van der Waals surface area (Å²) >= 11 is 1.32. The Bertz CT molecular complexity index is 798. The van der Waals surface area contributed by atoms with Crippen LogP contribution in [0.15, 0.2) is 36.7 Å². The highest BCUT2D eigenvalue weighted by Gasteiger charge is 2.16. The van der Waals surface area contributed by atoms with Gasteiger partial charge in [-0.25, -0.2) is 4.98 Å². The lowest BCUT2D eigenvalue weighted by Gasteiger charge is -2.03. The number of hydrogen-bond donors (Lipinski definition) is 2. The number of anilines is 1. The highest BCUT2D eigenvalue weighted by molar-refractivity contribution is 7.21. The lowest BCUT2D eigenvalue weighted by molar-refractivity contribution is 0.0956. The zero-order valence-electron chi connectivity index (χ0n) is 11.5. The molecule has 3 heterocycles. The maximum atomic E-state index is 12.3. The lowest BCUT2D eigenvalue weighted by atomic mass is 10.2. The molecule has 5 nitrogen and oxygen atoms in total. The molecule has 21 heavy (non-hydrogen) atoms. The van der Waals surface area contributed by atoms with Crippen LogP contribution in [-0.2, 0) is 6.54 Å². The number of amides is 1. The first-order valence-electron chi connectivity index (χ1n) is 6.48. The third-order valence-corrected chi connectivity index (χ3v) is 4.23. The average molecular weight is 298 g/mol. The van der Waals surface area contributed by atoms with E-state index < -0.39 is 0 Å². The summed E-state index contributed by atoms with van der Waals surface area (Å²) in [6.07, 6.45) is 3.42. The van der Waals surface area contributed by atoms with Crippen LogP contribution in [0.5, 0.6) is 0 Å². The predicted molar refractivity (Wildman–Crippen MR) is 84.2 cm³/mol.